The second kappa shape index (κ2) is 10.2. The summed E-state index contributed by atoms with van der Waals surface area (Å²) >= 11 is 0. The number of carbonyl (C=O) groups excluding carboxylic acids is 4. The number of carbonyl (C=O) groups is 4. The fourth-order valence-electron chi connectivity index (χ4n) is 6.47. The predicted molar refractivity (Wildman–Crippen MR) is 146 cm³/mol. The molecule has 1 aromatic heterocycles. The molecule has 2 aromatic carbocycles. The summed E-state index contributed by atoms with van der Waals surface area (Å²) in [6.45, 7) is -2.43. The molecule has 13 heteroatoms. The number of pyridine rings is 1. The van der Waals surface area contributed by atoms with Gasteiger partial charge in [0.1, 0.15) is 36.5 Å². The van der Waals surface area contributed by atoms with Crippen molar-refractivity contribution >= 4 is 35.6 Å². The zero-order valence-electron chi connectivity index (χ0n) is 22.6. The lowest BCUT2D eigenvalue weighted by atomic mass is 9.79. The van der Waals surface area contributed by atoms with Gasteiger partial charge in [0.15, 0.2) is 0 Å². The summed E-state index contributed by atoms with van der Waals surface area (Å²) in [6.07, 6.45) is -1.79. The van der Waals surface area contributed by atoms with Crippen molar-refractivity contribution in [2.75, 3.05) is 23.7 Å². The van der Waals surface area contributed by atoms with Gasteiger partial charge in [-0.15, -0.1) is 0 Å². The van der Waals surface area contributed by atoms with Crippen LogP contribution in [0.2, 0.25) is 0 Å². The molecule has 1 spiro atoms. The van der Waals surface area contributed by atoms with Crippen molar-refractivity contribution in [2.24, 2.45) is 0 Å². The van der Waals surface area contributed by atoms with Gasteiger partial charge in [0.2, 0.25) is 11.8 Å². The van der Waals surface area contributed by atoms with Gasteiger partial charge in [-0.05, 0) is 78.3 Å². The maximum atomic E-state index is 13.9. The van der Waals surface area contributed by atoms with Crippen LogP contribution in [0.3, 0.4) is 0 Å². The van der Waals surface area contributed by atoms with E-state index in [4.69, 9.17) is 0 Å². The normalized spacial score (nSPS) is 21.5. The van der Waals surface area contributed by atoms with E-state index in [1.165, 1.54) is 12.1 Å². The molecule has 2 aliphatic carbocycles. The molecule has 1 unspecified atom stereocenters. The van der Waals surface area contributed by atoms with Crippen LogP contribution in [0.4, 0.5) is 33.9 Å². The van der Waals surface area contributed by atoms with Gasteiger partial charge >= 0.3 is 12.2 Å². The Kier molecular flexibility index (Phi) is 6.70. The number of aldehydes is 1. The van der Waals surface area contributed by atoms with Crippen molar-refractivity contribution in [3.05, 3.63) is 88.4 Å². The summed E-state index contributed by atoms with van der Waals surface area (Å²) < 4.78 is 52.7. The predicted octanol–water partition coefficient (Wildman–Crippen LogP) is 3.76. The number of fused-ring (bicyclic) bond motifs is 4. The van der Waals surface area contributed by atoms with Gasteiger partial charge in [0, 0.05) is 17.4 Å². The van der Waals surface area contributed by atoms with Crippen LogP contribution < -0.4 is 16.0 Å². The van der Waals surface area contributed by atoms with Crippen LogP contribution in [-0.2, 0) is 44.6 Å². The SMILES string of the molecule is O=CC1(N(CC(=O)Nc2ccc3c(c2)C[C@@]2(C3)C(=O)Nc3ncccc32)C(=O)NCC(F)(F)F)CCc2cc(F)ccc21. The molecule has 0 saturated carbocycles. The van der Waals surface area contributed by atoms with E-state index < -0.39 is 48.0 Å². The molecule has 3 aromatic rings. The van der Waals surface area contributed by atoms with E-state index in [1.807, 2.05) is 6.07 Å². The fraction of sp³-hybridized carbons (Fsp3) is 0.300. The summed E-state index contributed by atoms with van der Waals surface area (Å²) in [5.41, 5.74) is 0.917. The first kappa shape index (κ1) is 28.3. The number of aromatic nitrogens is 1. The van der Waals surface area contributed by atoms with E-state index in [-0.39, 0.29) is 24.3 Å². The van der Waals surface area contributed by atoms with Gasteiger partial charge < -0.3 is 20.7 Å². The lowest BCUT2D eigenvalue weighted by Gasteiger charge is -2.37. The molecule has 0 saturated heterocycles. The van der Waals surface area contributed by atoms with Crippen molar-refractivity contribution in [3.8, 4) is 0 Å². The number of rotatable bonds is 6. The Morgan fingerprint density at radius 2 is 1.84 bits per heavy atom. The number of halogens is 4. The van der Waals surface area contributed by atoms with E-state index in [9.17, 15) is 36.7 Å². The highest BCUT2D eigenvalue weighted by atomic mass is 19.4. The van der Waals surface area contributed by atoms with E-state index >= 15 is 0 Å². The van der Waals surface area contributed by atoms with Crippen molar-refractivity contribution in [1.29, 1.82) is 0 Å². The minimum atomic E-state index is -4.73. The Bertz CT molecular complexity index is 1680. The highest BCUT2D eigenvalue weighted by molar-refractivity contribution is 6.06. The maximum Gasteiger partial charge on any atom is 0.405 e. The van der Waals surface area contributed by atoms with Crippen molar-refractivity contribution in [1.82, 2.24) is 15.2 Å². The zero-order chi connectivity index (χ0) is 30.6. The minimum Gasteiger partial charge on any atom is -0.329 e. The summed E-state index contributed by atoms with van der Waals surface area (Å²) in [5.74, 6) is -0.989. The van der Waals surface area contributed by atoms with Gasteiger partial charge in [-0.1, -0.05) is 18.2 Å². The second-order valence-electron chi connectivity index (χ2n) is 11.0. The highest BCUT2D eigenvalue weighted by Gasteiger charge is 2.51. The van der Waals surface area contributed by atoms with Crippen LogP contribution >= 0.6 is 0 Å². The second-order valence-corrected chi connectivity index (χ2v) is 11.0. The molecule has 222 valence electrons. The number of anilines is 2. The number of nitrogens with zero attached hydrogens (tertiary/aromatic N) is 2. The number of nitrogens with one attached hydrogen (secondary N) is 3. The lowest BCUT2D eigenvalue weighted by Crippen LogP contribution is -2.56. The van der Waals surface area contributed by atoms with E-state index in [0.717, 1.165) is 27.7 Å². The van der Waals surface area contributed by atoms with E-state index in [2.05, 4.69) is 15.6 Å². The number of aryl methyl sites for hydroxylation is 1. The summed E-state index contributed by atoms with van der Waals surface area (Å²) in [4.78, 5) is 56.9. The number of alkyl halides is 3. The molecule has 3 N–H and O–H groups in total. The number of hydrogen-bond acceptors (Lipinski definition) is 5. The van der Waals surface area contributed by atoms with Crippen LogP contribution in [0.25, 0.3) is 0 Å². The summed E-state index contributed by atoms with van der Waals surface area (Å²) in [7, 11) is 0. The topological polar surface area (TPSA) is 120 Å². The number of amides is 4. The maximum absolute atomic E-state index is 13.9. The zero-order valence-corrected chi connectivity index (χ0v) is 22.6. The van der Waals surface area contributed by atoms with E-state index in [0.29, 0.717) is 36.2 Å². The number of hydrogen-bond donors (Lipinski definition) is 3. The number of urea groups is 1. The lowest BCUT2D eigenvalue weighted by molar-refractivity contribution is -0.125. The van der Waals surface area contributed by atoms with Crippen molar-refractivity contribution < 1.29 is 36.7 Å². The molecule has 3 aliphatic rings. The Morgan fingerprint density at radius 1 is 1.05 bits per heavy atom. The molecule has 4 amide bonds. The third-order valence-corrected chi connectivity index (χ3v) is 8.44. The van der Waals surface area contributed by atoms with Crippen LogP contribution in [-0.4, -0.2) is 53.3 Å². The molecular formula is C30H25F4N5O4. The molecule has 1 aliphatic heterocycles. The fourth-order valence-corrected chi connectivity index (χ4v) is 6.47. The third kappa shape index (κ3) is 4.88. The monoisotopic (exact) mass is 595 g/mol. The van der Waals surface area contributed by atoms with Gasteiger partial charge in [0.25, 0.3) is 0 Å². The van der Waals surface area contributed by atoms with Crippen LogP contribution in [0, 0.1) is 5.82 Å². The molecule has 2 atom stereocenters. The van der Waals surface area contributed by atoms with Crippen molar-refractivity contribution in [2.45, 2.75) is 42.8 Å². The van der Waals surface area contributed by atoms with Gasteiger partial charge in [-0.2, -0.15) is 13.2 Å². The first-order valence-corrected chi connectivity index (χ1v) is 13.5. The quantitative estimate of drug-likeness (QED) is 0.296. The molecule has 9 nitrogen and oxygen atoms in total. The Morgan fingerprint density at radius 3 is 2.60 bits per heavy atom. The summed E-state index contributed by atoms with van der Waals surface area (Å²) in [6, 6.07) is 11.1. The first-order valence-electron chi connectivity index (χ1n) is 13.5. The van der Waals surface area contributed by atoms with E-state index in [1.54, 1.807) is 35.8 Å². The molecule has 0 radical (unpaired) electrons. The number of benzene rings is 2. The summed E-state index contributed by atoms with van der Waals surface area (Å²) in [5, 5.41) is 7.24. The average molecular weight is 596 g/mol. The largest absolute Gasteiger partial charge is 0.405 e. The molecule has 6 rings (SSSR count). The van der Waals surface area contributed by atoms with Gasteiger partial charge in [0.05, 0.1) is 5.41 Å². The smallest absolute Gasteiger partial charge is 0.329 e. The average Bonchev–Trinajstić information content (AvgIpc) is 3.61. The molecule has 2 heterocycles. The van der Waals surface area contributed by atoms with Crippen LogP contribution in [0.1, 0.15) is 34.2 Å². The highest BCUT2D eigenvalue weighted by Crippen LogP contribution is 2.47. The molecular weight excluding hydrogens is 570 g/mol. The Balaban J connectivity index is 1.24. The Labute approximate surface area is 242 Å². The van der Waals surface area contributed by atoms with Gasteiger partial charge in [-0.3, -0.25) is 14.5 Å². The third-order valence-electron chi connectivity index (χ3n) is 8.44. The van der Waals surface area contributed by atoms with Gasteiger partial charge in [-0.25, -0.2) is 14.2 Å². The standard InChI is InChI=1S/C30H25F4N5O4/c31-20-4-6-22-17(10-20)7-8-29(22,16-40)39(27(43)36-15-30(32,33)34)14-24(41)37-21-5-3-18-12-28(13-19(18)11-21)23-2-1-9-35-25(23)38-26(28)42/h1-6,9-11,16H,7-8,12-15H2,(H,36,43)(H,37,41)(H,35,38,42)/t28-,29?/m1/s1. The molecule has 43 heavy (non-hydrogen) atoms. The first-order chi connectivity index (χ1) is 20.4. The minimum absolute atomic E-state index is 0.0403. The van der Waals surface area contributed by atoms with Crippen LogP contribution in [0.5, 0.6) is 0 Å². The molecule has 0 bridgehead atoms. The Hall–Kier alpha value is -4.81. The van der Waals surface area contributed by atoms with Crippen LogP contribution in [0.15, 0.2) is 54.7 Å². The van der Waals surface area contributed by atoms with Crippen molar-refractivity contribution in [3.63, 3.8) is 0 Å². The molecule has 0 fully saturated rings.